The molecule has 78 valence electrons. The van der Waals surface area contributed by atoms with Gasteiger partial charge >= 0.3 is 5.97 Å². The Morgan fingerprint density at radius 3 is 3.00 bits per heavy atom. The Hall–Kier alpha value is -1.03. The van der Waals surface area contributed by atoms with E-state index in [9.17, 15) is 4.79 Å². The minimum Gasteiger partial charge on any atom is -0.496 e. The molecular weight excluding hydrogens is 200 g/mol. The van der Waals surface area contributed by atoms with Crippen molar-refractivity contribution in [1.82, 2.24) is 0 Å². The second kappa shape index (κ2) is 5.65. The molecule has 0 aliphatic carbocycles. The molecule has 1 aromatic rings. The first-order chi connectivity index (χ1) is 6.74. The first-order valence-electron chi connectivity index (χ1n) is 4.47. The summed E-state index contributed by atoms with van der Waals surface area (Å²) in [6.07, 6.45) is 1.74. The van der Waals surface area contributed by atoms with Crippen LogP contribution in [0.3, 0.4) is 0 Å². The van der Waals surface area contributed by atoms with E-state index < -0.39 is 0 Å². The lowest BCUT2D eigenvalue weighted by Gasteiger charge is -2.02. The van der Waals surface area contributed by atoms with Gasteiger partial charge in [-0.15, -0.1) is 11.3 Å². The van der Waals surface area contributed by atoms with E-state index in [4.69, 9.17) is 9.47 Å². The number of carbonyl (C=O) groups is 1. The van der Waals surface area contributed by atoms with Gasteiger partial charge in [-0.25, -0.2) is 0 Å². The lowest BCUT2D eigenvalue weighted by Crippen LogP contribution is -2.01. The van der Waals surface area contributed by atoms with Crippen molar-refractivity contribution in [2.24, 2.45) is 0 Å². The highest BCUT2D eigenvalue weighted by Crippen LogP contribution is 2.25. The summed E-state index contributed by atoms with van der Waals surface area (Å²) in [5.41, 5.74) is 0. The van der Waals surface area contributed by atoms with Crippen molar-refractivity contribution in [2.75, 3.05) is 13.7 Å². The van der Waals surface area contributed by atoms with E-state index in [1.807, 2.05) is 11.4 Å². The fourth-order valence-corrected chi connectivity index (χ4v) is 2.03. The summed E-state index contributed by atoms with van der Waals surface area (Å²) in [5, 5.41) is 2.00. The van der Waals surface area contributed by atoms with Gasteiger partial charge in [-0.1, -0.05) is 0 Å². The fourth-order valence-electron chi connectivity index (χ4n) is 1.14. The third-order valence-electron chi connectivity index (χ3n) is 1.78. The van der Waals surface area contributed by atoms with Gasteiger partial charge in [-0.2, -0.15) is 0 Å². The Labute approximate surface area is 87.7 Å². The largest absolute Gasteiger partial charge is 0.496 e. The monoisotopic (exact) mass is 214 g/mol. The van der Waals surface area contributed by atoms with Crippen molar-refractivity contribution >= 4 is 17.3 Å². The van der Waals surface area contributed by atoms with E-state index in [0.29, 0.717) is 6.61 Å². The zero-order chi connectivity index (χ0) is 10.4. The van der Waals surface area contributed by atoms with Gasteiger partial charge in [-0.05, 0) is 24.3 Å². The van der Waals surface area contributed by atoms with Crippen molar-refractivity contribution in [3.05, 3.63) is 16.3 Å². The molecule has 0 amide bonds. The third-order valence-corrected chi connectivity index (χ3v) is 2.74. The van der Waals surface area contributed by atoms with Crippen LogP contribution in [0.1, 0.15) is 18.2 Å². The van der Waals surface area contributed by atoms with E-state index in [0.717, 1.165) is 18.6 Å². The van der Waals surface area contributed by atoms with E-state index in [1.54, 1.807) is 18.4 Å². The zero-order valence-corrected chi connectivity index (χ0v) is 9.23. The number of rotatable bonds is 5. The zero-order valence-electron chi connectivity index (χ0n) is 8.41. The summed E-state index contributed by atoms with van der Waals surface area (Å²) in [6.45, 7) is 1.90. The van der Waals surface area contributed by atoms with Gasteiger partial charge in [0.25, 0.3) is 0 Å². The Balaban J connectivity index is 2.27. The topological polar surface area (TPSA) is 35.5 Å². The normalized spacial score (nSPS) is 9.86. The molecule has 0 aliphatic heterocycles. The van der Waals surface area contributed by atoms with E-state index in [1.165, 1.54) is 11.8 Å². The fraction of sp³-hybridized carbons (Fsp3) is 0.500. The number of thiophene rings is 1. The SMILES string of the molecule is COc1ccsc1CCCOC(C)=O. The van der Waals surface area contributed by atoms with Gasteiger partial charge in [0, 0.05) is 11.8 Å². The molecule has 1 heterocycles. The van der Waals surface area contributed by atoms with Gasteiger partial charge in [0.2, 0.25) is 0 Å². The summed E-state index contributed by atoms with van der Waals surface area (Å²) in [6, 6.07) is 1.95. The van der Waals surface area contributed by atoms with Crippen LogP contribution in [-0.4, -0.2) is 19.7 Å². The number of hydrogen-bond donors (Lipinski definition) is 0. The first kappa shape index (κ1) is 11.0. The standard InChI is InChI=1S/C10H14O3S/c1-8(11)13-6-3-4-10-9(12-2)5-7-14-10/h5,7H,3-4,6H2,1-2H3. The Morgan fingerprint density at radius 2 is 2.36 bits per heavy atom. The van der Waals surface area contributed by atoms with Crippen molar-refractivity contribution in [1.29, 1.82) is 0 Å². The molecule has 0 saturated carbocycles. The number of ether oxygens (including phenoxy) is 2. The molecule has 0 spiro atoms. The van der Waals surface area contributed by atoms with E-state index in [2.05, 4.69) is 0 Å². The van der Waals surface area contributed by atoms with Crippen LogP contribution < -0.4 is 4.74 Å². The van der Waals surface area contributed by atoms with Crippen LogP contribution in [0.15, 0.2) is 11.4 Å². The van der Waals surface area contributed by atoms with E-state index in [-0.39, 0.29) is 5.97 Å². The molecule has 0 aromatic carbocycles. The van der Waals surface area contributed by atoms with E-state index >= 15 is 0 Å². The smallest absolute Gasteiger partial charge is 0.302 e. The summed E-state index contributed by atoms with van der Waals surface area (Å²) in [7, 11) is 1.66. The van der Waals surface area contributed by atoms with Crippen LogP contribution >= 0.6 is 11.3 Å². The molecular formula is C10H14O3S. The van der Waals surface area contributed by atoms with Crippen LogP contribution in [0.4, 0.5) is 0 Å². The number of aryl methyl sites for hydroxylation is 1. The molecule has 0 radical (unpaired) electrons. The summed E-state index contributed by atoms with van der Waals surface area (Å²) in [5.74, 6) is 0.709. The minimum atomic E-state index is -0.219. The Morgan fingerprint density at radius 1 is 1.57 bits per heavy atom. The number of carbonyl (C=O) groups excluding carboxylic acids is 1. The van der Waals surface area contributed by atoms with Crippen LogP contribution in [0, 0.1) is 0 Å². The predicted molar refractivity (Wildman–Crippen MR) is 55.8 cm³/mol. The lowest BCUT2D eigenvalue weighted by atomic mass is 10.2. The Kier molecular flexibility index (Phi) is 4.46. The maximum atomic E-state index is 10.5. The molecule has 0 fully saturated rings. The minimum absolute atomic E-state index is 0.219. The number of methoxy groups -OCH3 is 1. The van der Waals surface area contributed by atoms with Gasteiger partial charge in [-0.3, -0.25) is 4.79 Å². The molecule has 0 saturated heterocycles. The molecule has 0 aliphatic rings. The average Bonchev–Trinajstić information content (AvgIpc) is 2.59. The molecule has 0 unspecified atom stereocenters. The first-order valence-corrected chi connectivity index (χ1v) is 5.35. The van der Waals surface area contributed by atoms with Crippen LogP contribution in [0.5, 0.6) is 5.75 Å². The summed E-state index contributed by atoms with van der Waals surface area (Å²) >= 11 is 1.67. The highest BCUT2D eigenvalue weighted by molar-refractivity contribution is 7.10. The molecule has 0 atom stereocenters. The molecule has 4 heteroatoms. The second-order valence-corrected chi connectivity index (χ2v) is 3.86. The van der Waals surface area contributed by atoms with Gasteiger partial charge < -0.3 is 9.47 Å². The average molecular weight is 214 g/mol. The van der Waals surface area contributed by atoms with Crippen LogP contribution in [-0.2, 0) is 16.0 Å². The van der Waals surface area contributed by atoms with Crippen molar-refractivity contribution in [3.8, 4) is 5.75 Å². The molecule has 0 N–H and O–H groups in total. The van der Waals surface area contributed by atoms with Gasteiger partial charge in [0.05, 0.1) is 13.7 Å². The predicted octanol–water partition coefficient (Wildman–Crippen LogP) is 2.25. The number of esters is 1. The third kappa shape index (κ3) is 3.38. The maximum absolute atomic E-state index is 10.5. The van der Waals surface area contributed by atoms with Crippen molar-refractivity contribution < 1.29 is 14.3 Å². The van der Waals surface area contributed by atoms with Crippen LogP contribution in [0.25, 0.3) is 0 Å². The maximum Gasteiger partial charge on any atom is 0.302 e. The summed E-state index contributed by atoms with van der Waals surface area (Å²) < 4.78 is 10.0. The summed E-state index contributed by atoms with van der Waals surface area (Å²) in [4.78, 5) is 11.7. The quantitative estimate of drug-likeness (QED) is 0.557. The number of hydrogen-bond acceptors (Lipinski definition) is 4. The Bertz CT molecular complexity index is 293. The lowest BCUT2D eigenvalue weighted by molar-refractivity contribution is -0.141. The van der Waals surface area contributed by atoms with Gasteiger partial charge in [0.1, 0.15) is 5.75 Å². The van der Waals surface area contributed by atoms with Crippen LogP contribution in [0.2, 0.25) is 0 Å². The van der Waals surface area contributed by atoms with Gasteiger partial charge in [0.15, 0.2) is 0 Å². The molecule has 3 nitrogen and oxygen atoms in total. The molecule has 0 bridgehead atoms. The second-order valence-electron chi connectivity index (χ2n) is 2.86. The molecule has 1 aromatic heterocycles. The van der Waals surface area contributed by atoms with Crippen molar-refractivity contribution in [2.45, 2.75) is 19.8 Å². The highest BCUT2D eigenvalue weighted by Gasteiger charge is 2.03. The molecule has 1 rings (SSSR count). The highest BCUT2D eigenvalue weighted by atomic mass is 32.1. The van der Waals surface area contributed by atoms with Crippen molar-refractivity contribution in [3.63, 3.8) is 0 Å². The molecule has 14 heavy (non-hydrogen) atoms.